The zero-order valence-electron chi connectivity index (χ0n) is 14.7. The van der Waals surface area contributed by atoms with Gasteiger partial charge >= 0.3 is 0 Å². The number of oxime groups is 1. The molecule has 0 fully saturated rings. The Hall–Kier alpha value is -3.62. The van der Waals surface area contributed by atoms with Gasteiger partial charge in [-0.3, -0.25) is 14.9 Å². The SMILES string of the molecule is COc1cc([N+](=O)[O-])ccc1NC(=O)C1CC(c2ccccc2OC)=NO1. The molecule has 0 saturated carbocycles. The van der Waals surface area contributed by atoms with Crippen molar-refractivity contribution in [2.24, 2.45) is 5.16 Å². The maximum absolute atomic E-state index is 12.5. The van der Waals surface area contributed by atoms with Crippen LogP contribution in [0.25, 0.3) is 0 Å². The first-order valence-electron chi connectivity index (χ1n) is 8.03. The van der Waals surface area contributed by atoms with Gasteiger partial charge in [0.25, 0.3) is 11.6 Å². The number of carbonyl (C=O) groups excluding carboxylic acids is 1. The first-order valence-corrected chi connectivity index (χ1v) is 8.03. The van der Waals surface area contributed by atoms with E-state index in [1.807, 2.05) is 18.2 Å². The van der Waals surface area contributed by atoms with Crippen molar-refractivity contribution in [1.29, 1.82) is 0 Å². The summed E-state index contributed by atoms with van der Waals surface area (Å²) in [5.74, 6) is 0.384. The Bertz CT molecular complexity index is 912. The number of ether oxygens (including phenoxy) is 2. The molecule has 1 heterocycles. The fourth-order valence-electron chi connectivity index (χ4n) is 2.67. The molecule has 27 heavy (non-hydrogen) atoms. The number of anilines is 1. The number of methoxy groups -OCH3 is 2. The number of nitrogens with one attached hydrogen (secondary N) is 1. The van der Waals surface area contributed by atoms with Gasteiger partial charge in [-0.2, -0.15) is 0 Å². The lowest BCUT2D eigenvalue weighted by atomic mass is 10.0. The topological polar surface area (TPSA) is 112 Å². The average Bonchev–Trinajstić information content (AvgIpc) is 3.18. The van der Waals surface area contributed by atoms with Crippen LogP contribution in [-0.2, 0) is 9.63 Å². The molecule has 9 heteroatoms. The van der Waals surface area contributed by atoms with Gasteiger partial charge in [0.2, 0.25) is 6.10 Å². The smallest absolute Gasteiger partial charge is 0.273 e. The van der Waals surface area contributed by atoms with Gasteiger partial charge in [-0.15, -0.1) is 0 Å². The lowest BCUT2D eigenvalue weighted by molar-refractivity contribution is -0.384. The lowest BCUT2D eigenvalue weighted by Gasteiger charge is -2.12. The van der Waals surface area contributed by atoms with Crippen molar-refractivity contribution in [3.63, 3.8) is 0 Å². The molecule has 140 valence electrons. The first kappa shape index (κ1) is 18.2. The quantitative estimate of drug-likeness (QED) is 0.617. The number of carbonyl (C=O) groups is 1. The molecule has 0 aliphatic carbocycles. The second-order valence-electron chi connectivity index (χ2n) is 5.67. The van der Waals surface area contributed by atoms with Crippen LogP contribution in [0.5, 0.6) is 11.5 Å². The van der Waals surface area contributed by atoms with E-state index in [9.17, 15) is 14.9 Å². The van der Waals surface area contributed by atoms with E-state index in [4.69, 9.17) is 14.3 Å². The Kier molecular flexibility index (Phi) is 5.20. The number of nitro groups is 1. The highest BCUT2D eigenvalue weighted by molar-refractivity contribution is 6.07. The van der Waals surface area contributed by atoms with Gasteiger partial charge in [-0.1, -0.05) is 17.3 Å². The van der Waals surface area contributed by atoms with Crippen LogP contribution in [0.1, 0.15) is 12.0 Å². The molecular formula is C18H17N3O6. The number of amides is 1. The van der Waals surface area contributed by atoms with Gasteiger partial charge in [0.1, 0.15) is 11.5 Å². The van der Waals surface area contributed by atoms with E-state index in [-0.39, 0.29) is 17.9 Å². The van der Waals surface area contributed by atoms with Crippen LogP contribution in [0, 0.1) is 10.1 Å². The Morgan fingerprint density at radius 1 is 1.22 bits per heavy atom. The van der Waals surface area contributed by atoms with E-state index >= 15 is 0 Å². The number of benzene rings is 2. The summed E-state index contributed by atoms with van der Waals surface area (Å²) in [4.78, 5) is 28.1. The Morgan fingerprint density at radius 2 is 1.96 bits per heavy atom. The van der Waals surface area contributed by atoms with Crippen molar-refractivity contribution in [1.82, 2.24) is 0 Å². The van der Waals surface area contributed by atoms with Crippen LogP contribution in [0.3, 0.4) is 0 Å². The zero-order valence-corrected chi connectivity index (χ0v) is 14.7. The van der Waals surface area contributed by atoms with Gasteiger partial charge < -0.3 is 19.6 Å². The number of hydrogen-bond donors (Lipinski definition) is 1. The standard InChI is InChI=1S/C18H17N3O6/c1-25-15-6-4-3-5-12(15)14-10-17(27-20-14)18(22)19-13-8-7-11(21(23)24)9-16(13)26-2/h3-9,17H,10H2,1-2H3,(H,19,22). The molecule has 0 radical (unpaired) electrons. The molecule has 0 bridgehead atoms. The molecule has 1 amide bonds. The van der Waals surface area contributed by atoms with E-state index in [1.165, 1.54) is 25.3 Å². The highest BCUT2D eigenvalue weighted by atomic mass is 16.6. The van der Waals surface area contributed by atoms with Gasteiger partial charge in [0, 0.05) is 18.1 Å². The number of rotatable bonds is 6. The summed E-state index contributed by atoms with van der Waals surface area (Å²) in [5.41, 5.74) is 1.53. The van der Waals surface area contributed by atoms with E-state index in [0.29, 0.717) is 17.1 Å². The Labute approximate surface area is 154 Å². The molecule has 0 aromatic heterocycles. The Morgan fingerprint density at radius 3 is 2.67 bits per heavy atom. The van der Waals surface area contributed by atoms with Gasteiger partial charge in [0.05, 0.1) is 36.6 Å². The molecule has 1 aliphatic heterocycles. The number of nitro benzene ring substituents is 1. The third-order valence-electron chi connectivity index (χ3n) is 4.03. The van der Waals surface area contributed by atoms with E-state index in [2.05, 4.69) is 10.5 Å². The van der Waals surface area contributed by atoms with E-state index in [1.54, 1.807) is 13.2 Å². The summed E-state index contributed by atoms with van der Waals surface area (Å²) in [6.45, 7) is 0. The second kappa shape index (κ2) is 7.73. The molecule has 0 saturated heterocycles. The number of para-hydroxylation sites is 1. The van der Waals surface area contributed by atoms with Crippen molar-refractivity contribution in [3.05, 3.63) is 58.1 Å². The average molecular weight is 371 g/mol. The molecule has 2 aromatic carbocycles. The summed E-state index contributed by atoms with van der Waals surface area (Å²) in [6, 6.07) is 11.2. The minimum atomic E-state index is -0.829. The van der Waals surface area contributed by atoms with Gasteiger partial charge in [-0.05, 0) is 18.2 Å². The summed E-state index contributed by atoms with van der Waals surface area (Å²) in [7, 11) is 2.92. The largest absolute Gasteiger partial charge is 0.496 e. The van der Waals surface area contributed by atoms with Crippen molar-refractivity contribution in [3.8, 4) is 11.5 Å². The highest BCUT2D eigenvalue weighted by Crippen LogP contribution is 2.30. The normalized spacial score (nSPS) is 15.5. The molecule has 1 N–H and O–H groups in total. The number of non-ortho nitro benzene ring substituents is 1. The second-order valence-corrected chi connectivity index (χ2v) is 5.67. The van der Waals surface area contributed by atoms with Gasteiger partial charge in [0.15, 0.2) is 0 Å². The van der Waals surface area contributed by atoms with Crippen LogP contribution >= 0.6 is 0 Å². The molecule has 1 aliphatic rings. The minimum Gasteiger partial charge on any atom is -0.496 e. The molecule has 0 spiro atoms. The summed E-state index contributed by atoms with van der Waals surface area (Å²) in [5, 5.41) is 17.5. The van der Waals surface area contributed by atoms with Crippen molar-refractivity contribution in [2.75, 3.05) is 19.5 Å². The fourth-order valence-corrected chi connectivity index (χ4v) is 2.67. The molecule has 2 aromatic rings. The van der Waals surface area contributed by atoms with Gasteiger partial charge in [-0.25, -0.2) is 0 Å². The van der Waals surface area contributed by atoms with Crippen molar-refractivity contribution < 1.29 is 24.0 Å². The Balaban J connectivity index is 1.71. The summed E-state index contributed by atoms with van der Waals surface area (Å²) < 4.78 is 10.4. The zero-order chi connectivity index (χ0) is 19.4. The third-order valence-corrected chi connectivity index (χ3v) is 4.03. The number of hydrogen-bond acceptors (Lipinski definition) is 7. The molecule has 1 atom stereocenters. The third kappa shape index (κ3) is 3.81. The molecule has 1 unspecified atom stereocenters. The molecular weight excluding hydrogens is 354 g/mol. The summed E-state index contributed by atoms with van der Waals surface area (Å²) in [6.07, 6.45) is -0.563. The first-order chi connectivity index (χ1) is 13.0. The number of nitrogens with zero attached hydrogens (tertiary/aromatic N) is 2. The van der Waals surface area contributed by atoms with Crippen molar-refractivity contribution in [2.45, 2.75) is 12.5 Å². The van der Waals surface area contributed by atoms with Crippen molar-refractivity contribution >= 4 is 23.0 Å². The summed E-state index contributed by atoms with van der Waals surface area (Å²) >= 11 is 0. The van der Waals surface area contributed by atoms with Crippen LogP contribution in [0.4, 0.5) is 11.4 Å². The van der Waals surface area contributed by atoms with E-state index < -0.39 is 16.9 Å². The maximum atomic E-state index is 12.5. The highest BCUT2D eigenvalue weighted by Gasteiger charge is 2.30. The molecule has 3 rings (SSSR count). The predicted octanol–water partition coefficient (Wildman–Crippen LogP) is 2.74. The lowest BCUT2D eigenvalue weighted by Crippen LogP contribution is -2.28. The van der Waals surface area contributed by atoms with Crippen LogP contribution < -0.4 is 14.8 Å². The maximum Gasteiger partial charge on any atom is 0.273 e. The minimum absolute atomic E-state index is 0.135. The predicted molar refractivity (Wildman–Crippen MR) is 97.3 cm³/mol. The fraction of sp³-hybridized carbons (Fsp3) is 0.222. The van der Waals surface area contributed by atoms with Crippen LogP contribution in [0.2, 0.25) is 0 Å². The van der Waals surface area contributed by atoms with Crippen LogP contribution in [0.15, 0.2) is 47.6 Å². The molecule has 9 nitrogen and oxygen atoms in total. The van der Waals surface area contributed by atoms with Crippen LogP contribution in [-0.4, -0.2) is 36.9 Å². The monoisotopic (exact) mass is 371 g/mol. The van der Waals surface area contributed by atoms with E-state index in [0.717, 1.165) is 5.56 Å².